The van der Waals surface area contributed by atoms with Crippen LogP contribution in [0, 0.1) is 5.92 Å². The summed E-state index contributed by atoms with van der Waals surface area (Å²) < 4.78 is 6.46. The van der Waals surface area contributed by atoms with Gasteiger partial charge in [-0.05, 0) is 49.9 Å². The Bertz CT molecular complexity index is 1210. The Morgan fingerprint density at radius 1 is 1.19 bits per heavy atom. The highest BCUT2D eigenvalue weighted by atomic mass is 16.5. The average molecular weight is 503 g/mol. The summed E-state index contributed by atoms with van der Waals surface area (Å²) in [5.74, 6) is -0.0437. The number of fused-ring (bicyclic) bond motifs is 1. The summed E-state index contributed by atoms with van der Waals surface area (Å²) in [6.45, 7) is 5.63. The highest BCUT2D eigenvalue weighted by molar-refractivity contribution is 6.05. The largest absolute Gasteiger partial charge is 0.488 e. The van der Waals surface area contributed by atoms with Crippen molar-refractivity contribution < 1.29 is 19.4 Å². The summed E-state index contributed by atoms with van der Waals surface area (Å²) in [5.41, 5.74) is 2.52. The maximum absolute atomic E-state index is 13.6. The molecule has 0 unspecified atom stereocenters. The standard InChI is InChI=1S/C29H34N4O4/c1-20-16-33(21(2)19-34)29(36)25-15-24(31-28(35)23-11-13-30-14-12-23)9-10-26(25)37-27(20)18-32(3)17-22-7-5-4-6-8-22/h4-15,20-21,27,34H,16-19H2,1-3H3,(H,31,35)/t20-,21+,27+/m0/s1. The van der Waals surface area contributed by atoms with Crippen molar-refractivity contribution in [2.24, 2.45) is 5.92 Å². The molecule has 2 N–H and O–H groups in total. The van der Waals surface area contributed by atoms with Crippen LogP contribution >= 0.6 is 0 Å². The van der Waals surface area contributed by atoms with Crippen LogP contribution in [0.3, 0.4) is 0 Å². The lowest BCUT2D eigenvalue weighted by Crippen LogP contribution is -2.49. The van der Waals surface area contributed by atoms with Crippen LogP contribution in [0.5, 0.6) is 5.75 Å². The molecule has 4 rings (SSSR count). The molecule has 2 aromatic carbocycles. The minimum atomic E-state index is -0.362. The Hall–Kier alpha value is -3.75. The number of nitrogens with one attached hydrogen (secondary N) is 1. The number of likely N-dealkylation sites (N-methyl/N-ethyl adjacent to an activating group) is 1. The number of carbonyl (C=O) groups is 2. The summed E-state index contributed by atoms with van der Waals surface area (Å²) in [5, 5.41) is 12.7. The number of aromatic nitrogens is 1. The first-order valence-electron chi connectivity index (χ1n) is 12.5. The molecule has 0 fully saturated rings. The molecule has 37 heavy (non-hydrogen) atoms. The number of carbonyl (C=O) groups excluding carboxylic acids is 2. The fraction of sp³-hybridized carbons (Fsp3) is 0.345. The number of anilines is 1. The highest BCUT2D eigenvalue weighted by Crippen LogP contribution is 2.31. The summed E-state index contributed by atoms with van der Waals surface area (Å²) in [4.78, 5) is 34.1. The lowest BCUT2D eigenvalue weighted by molar-refractivity contribution is 0.0341. The van der Waals surface area contributed by atoms with E-state index in [-0.39, 0.29) is 36.5 Å². The number of rotatable bonds is 8. The van der Waals surface area contributed by atoms with Crippen LogP contribution in [0.2, 0.25) is 0 Å². The van der Waals surface area contributed by atoms with E-state index in [0.29, 0.717) is 35.7 Å². The number of amides is 2. The van der Waals surface area contributed by atoms with Crippen molar-refractivity contribution in [3.05, 3.63) is 89.7 Å². The Labute approximate surface area is 217 Å². The zero-order valence-corrected chi connectivity index (χ0v) is 21.5. The van der Waals surface area contributed by atoms with Crippen molar-refractivity contribution in [2.45, 2.75) is 32.5 Å². The molecule has 194 valence electrons. The van der Waals surface area contributed by atoms with E-state index in [9.17, 15) is 14.7 Å². The fourth-order valence-electron chi connectivity index (χ4n) is 4.49. The number of hydrogen-bond acceptors (Lipinski definition) is 6. The number of benzene rings is 2. The zero-order chi connectivity index (χ0) is 26.4. The Morgan fingerprint density at radius 3 is 2.62 bits per heavy atom. The van der Waals surface area contributed by atoms with Crippen LogP contribution in [0.15, 0.2) is 73.1 Å². The average Bonchev–Trinajstić information content (AvgIpc) is 2.91. The van der Waals surface area contributed by atoms with Gasteiger partial charge in [0.15, 0.2) is 0 Å². The third-order valence-corrected chi connectivity index (χ3v) is 6.65. The number of aliphatic hydroxyl groups excluding tert-OH is 1. The van der Waals surface area contributed by atoms with Gasteiger partial charge in [0.05, 0.1) is 18.2 Å². The lowest BCUT2D eigenvalue weighted by atomic mass is 9.99. The molecule has 3 aromatic rings. The topological polar surface area (TPSA) is 95.0 Å². The smallest absolute Gasteiger partial charge is 0.258 e. The lowest BCUT2D eigenvalue weighted by Gasteiger charge is -2.38. The predicted octanol–water partition coefficient (Wildman–Crippen LogP) is 3.69. The molecule has 1 aromatic heterocycles. The second-order valence-electron chi connectivity index (χ2n) is 9.71. The van der Waals surface area contributed by atoms with Gasteiger partial charge < -0.3 is 20.1 Å². The molecule has 0 aliphatic carbocycles. The molecular formula is C29H34N4O4. The molecule has 0 bridgehead atoms. The predicted molar refractivity (Wildman–Crippen MR) is 143 cm³/mol. The SMILES string of the molecule is C[C@H](CO)N1C[C@H](C)[C@@H](CN(C)Cc2ccccc2)Oc2ccc(NC(=O)c3ccncc3)cc2C1=O. The molecule has 1 aliphatic heterocycles. The molecule has 0 radical (unpaired) electrons. The molecule has 0 saturated carbocycles. The van der Waals surface area contributed by atoms with E-state index in [4.69, 9.17) is 4.74 Å². The van der Waals surface area contributed by atoms with Crippen molar-refractivity contribution in [1.29, 1.82) is 0 Å². The first-order chi connectivity index (χ1) is 17.9. The minimum Gasteiger partial charge on any atom is -0.488 e. The molecule has 0 spiro atoms. The number of ether oxygens (including phenoxy) is 1. The van der Waals surface area contributed by atoms with Gasteiger partial charge in [0.2, 0.25) is 0 Å². The summed E-state index contributed by atoms with van der Waals surface area (Å²) in [6, 6.07) is 18.3. The third kappa shape index (κ3) is 6.53. The Balaban J connectivity index is 1.60. The number of pyridine rings is 1. The fourth-order valence-corrected chi connectivity index (χ4v) is 4.49. The van der Waals surface area contributed by atoms with E-state index < -0.39 is 0 Å². The zero-order valence-electron chi connectivity index (χ0n) is 21.5. The van der Waals surface area contributed by atoms with Gasteiger partial charge in [0, 0.05) is 49.2 Å². The number of nitrogens with zero attached hydrogens (tertiary/aromatic N) is 3. The van der Waals surface area contributed by atoms with Crippen LogP contribution in [-0.4, -0.2) is 70.6 Å². The Morgan fingerprint density at radius 2 is 1.92 bits per heavy atom. The second-order valence-corrected chi connectivity index (χ2v) is 9.71. The Kier molecular flexibility index (Phi) is 8.53. The van der Waals surface area contributed by atoms with E-state index in [1.54, 1.807) is 47.6 Å². The highest BCUT2D eigenvalue weighted by Gasteiger charge is 2.33. The molecule has 2 heterocycles. The number of hydrogen-bond donors (Lipinski definition) is 2. The van der Waals surface area contributed by atoms with Gasteiger partial charge in [0.25, 0.3) is 11.8 Å². The minimum absolute atomic E-state index is 0.0235. The van der Waals surface area contributed by atoms with Gasteiger partial charge in [-0.3, -0.25) is 19.5 Å². The second kappa shape index (κ2) is 12.0. The van der Waals surface area contributed by atoms with E-state index in [1.165, 1.54) is 5.56 Å². The van der Waals surface area contributed by atoms with E-state index in [0.717, 1.165) is 6.54 Å². The van der Waals surface area contributed by atoms with Crippen molar-refractivity contribution >= 4 is 17.5 Å². The number of aliphatic hydroxyl groups is 1. The monoisotopic (exact) mass is 502 g/mol. The van der Waals surface area contributed by atoms with Crippen LogP contribution in [0.4, 0.5) is 5.69 Å². The van der Waals surface area contributed by atoms with Crippen molar-refractivity contribution in [3.8, 4) is 5.75 Å². The molecular weight excluding hydrogens is 468 g/mol. The summed E-state index contributed by atoms with van der Waals surface area (Å²) in [7, 11) is 2.06. The van der Waals surface area contributed by atoms with Gasteiger partial charge in [-0.2, -0.15) is 0 Å². The van der Waals surface area contributed by atoms with Gasteiger partial charge in [-0.25, -0.2) is 0 Å². The van der Waals surface area contributed by atoms with Gasteiger partial charge >= 0.3 is 0 Å². The third-order valence-electron chi connectivity index (χ3n) is 6.65. The van der Waals surface area contributed by atoms with E-state index >= 15 is 0 Å². The maximum Gasteiger partial charge on any atom is 0.258 e. The quantitative estimate of drug-likeness (QED) is 0.488. The van der Waals surface area contributed by atoms with Gasteiger partial charge in [0.1, 0.15) is 11.9 Å². The van der Waals surface area contributed by atoms with E-state index in [2.05, 4.69) is 41.3 Å². The van der Waals surface area contributed by atoms with Crippen LogP contribution in [0.1, 0.15) is 40.1 Å². The molecule has 8 heteroatoms. The summed E-state index contributed by atoms with van der Waals surface area (Å²) in [6.07, 6.45) is 2.92. The summed E-state index contributed by atoms with van der Waals surface area (Å²) >= 11 is 0. The van der Waals surface area contributed by atoms with Crippen molar-refractivity contribution in [1.82, 2.24) is 14.8 Å². The van der Waals surface area contributed by atoms with Crippen LogP contribution < -0.4 is 10.1 Å². The molecule has 3 atom stereocenters. The normalized spacial score (nSPS) is 18.4. The van der Waals surface area contributed by atoms with E-state index in [1.807, 2.05) is 25.1 Å². The molecule has 0 saturated heterocycles. The molecule has 2 amide bonds. The molecule has 1 aliphatic rings. The maximum atomic E-state index is 13.6. The van der Waals surface area contributed by atoms with Crippen molar-refractivity contribution in [3.63, 3.8) is 0 Å². The first kappa shape index (κ1) is 26.3. The van der Waals surface area contributed by atoms with Crippen LogP contribution in [-0.2, 0) is 6.54 Å². The van der Waals surface area contributed by atoms with Crippen LogP contribution in [0.25, 0.3) is 0 Å². The van der Waals surface area contributed by atoms with Gasteiger partial charge in [-0.1, -0.05) is 37.3 Å². The first-order valence-corrected chi connectivity index (χ1v) is 12.5. The molecule has 8 nitrogen and oxygen atoms in total. The van der Waals surface area contributed by atoms with Gasteiger partial charge in [-0.15, -0.1) is 0 Å². The van der Waals surface area contributed by atoms with Crippen molar-refractivity contribution in [2.75, 3.05) is 32.1 Å².